The average Bonchev–Trinajstić information content (AvgIpc) is 3.07. The third-order valence-corrected chi connectivity index (χ3v) is 3.69. The highest BCUT2D eigenvalue weighted by atomic mass is 35.5. The molecular formula is C17H20ClN3O3. The summed E-state index contributed by atoms with van der Waals surface area (Å²) in [6, 6.07) is 8.09. The normalized spacial score (nSPS) is 11.7. The minimum Gasteiger partial charge on any atom is -0.497 e. The van der Waals surface area contributed by atoms with E-state index in [2.05, 4.69) is 10.3 Å². The van der Waals surface area contributed by atoms with Crippen LogP contribution in [-0.4, -0.2) is 48.4 Å². The fourth-order valence-corrected chi connectivity index (χ4v) is 2.56. The lowest BCUT2D eigenvalue weighted by Crippen LogP contribution is -2.42. The second-order valence-electron chi connectivity index (χ2n) is 5.52. The largest absolute Gasteiger partial charge is 0.497 e. The molecule has 0 aliphatic rings. The fraction of sp³-hybridized carbons (Fsp3) is 0.294. The van der Waals surface area contributed by atoms with Crippen molar-refractivity contribution in [1.82, 2.24) is 15.2 Å². The number of hydrogen-bond donors (Lipinski definition) is 2. The molecule has 2 amide bonds. The van der Waals surface area contributed by atoms with E-state index in [1.165, 1.54) is 12.0 Å². The summed E-state index contributed by atoms with van der Waals surface area (Å²) in [5.74, 6) is 0.113. The lowest BCUT2D eigenvalue weighted by Gasteiger charge is -2.22. The molecule has 2 rings (SSSR count). The van der Waals surface area contributed by atoms with E-state index in [9.17, 15) is 9.59 Å². The first-order valence-electron chi connectivity index (χ1n) is 7.45. The van der Waals surface area contributed by atoms with E-state index < -0.39 is 0 Å². The summed E-state index contributed by atoms with van der Waals surface area (Å²) >= 11 is 6.00. The molecule has 0 spiro atoms. The van der Waals surface area contributed by atoms with E-state index in [0.717, 1.165) is 0 Å². The molecule has 0 fully saturated rings. The molecule has 0 saturated carbocycles. The topological polar surface area (TPSA) is 74.4 Å². The molecule has 2 aromatic rings. The Labute approximate surface area is 145 Å². The molecule has 0 aliphatic carbocycles. The van der Waals surface area contributed by atoms with Crippen LogP contribution in [0.1, 0.15) is 27.8 Å². The predicted molar refractivity (Wildman–Crippen MR) is 92.7 cm³/mol. The Morgan fingerprint density at radius 1 is 1.38 bits per heavy atom. The SMILES string of the molecule is COc1cc(Cl)cc(C(=O)N(C)CC(C)NC(=O)c2ccc[nH]2)c1. The third-order valence-electron chi connectivity index (χ3n) is 3.47. The number of carbonyl (C=O) groups excluding carboxylic acids is 2. The number of carbonyl (C=O) groups is 2. The van der Waals surface area contributed by atoms with Gasteiger partial charge in [0.05, 0.1) is 7.11 Å². The molecule has 0 radical (unpaired) electrons. The van der Waals surface area contributed by atoms with E-state index in [1.54, 1.807) is 43.6 Å². The monoisotopic (exact) mass is 349 g/mol. The number of ether oxygens (including phenoxy) is 1. The van der Waals surface area contributed by atoms with Gasteiger partial charge in [-0.25, -0.2) is 0 Å². The van der Waals surface area contributed by atoms with Crippen molar-refractivity contribution in [1.29, 1.82) is 0 Å². The van der Waals surface area contributed by atoms with Crippen LogP contribution in [0.4, 0.5) is 0 Å². The Hall–Kier alpha value is -2.47. The van der Waals surface area contributed by atoms with Crippen LogP contribution >= 0.6 is 11.6 Å². The first kappa shape index (κ1) is 17.9. The summed E-state index contributed by atoms with van der Waals surface area (Å²) in [5, 5.41) is 3.27. The summed E-state index contributed by atoms with van der Waals surface area (Å²) in [4.78, 5) is 28.9. The molecular weight excluding hydrogens is 330 g/mol. The molecule has 0 aliphatic heterocycles. The van der Waals surface area contributed by atoms with Gasteiger partial charge >= 0.3 is 0 Å². The molecule has 0 bridgehead atoms. The van der Waals surface area contributed by atoms with E-state index in [-0.39, 0.29) is 17.9 Å². The van der Waals surface area contributed by atoms with Crippen LogP contribution < -0.4 is 10.1 Å². The van der Waals surface area contributed by atoms with Gasteiger partial charge < -0.3 is 19.9 Å². The molecule has 6 nitrogen and oxygen atoms in total. The van der Waals surface area contributed by atoms with Crippen molar-refractivity contribution < 1.29 is 14.3 Å². The van der Waals surface area contributed by atoms with E-state index in [4.69, 9.17) is 16.3 Å². The van der Waals surface area contributed by atoms with Crippen molar-refractivity contribution in [2.24, 2.45) is 0 Å². The lowest BCUT2D eigenvalue weighted by atomic mass is 10.1. The van der Waals surface area contributed by atoms with Gasteiger partial charge in [-0.15, -0.1) is 0 Å². The number of H-pyrrole nitrogens is 1. The van der Waals surface area contributed by atoms with Crippen molar-refractivity contribution >= 4 is 23.4 Å². The molecule has 1 aromatic carbocycles. The number of methoxy groups -OCH3 is 1. The Morgan fingerprint density at radius 2 is 2.12 bits per heavy atom. The number of benzene rings is 1. The van der Waals surface area contributed by atoms with Gasteiger partial charge in [-0.3, -0.25) is 9.59 Å². The van der Waals surface area contributed by atoms with Crippen molar-refractivity contribution in [3.05, 3.63) is 52.8 Å². The number of aromatic nitrogens is 1. The standard InChI is InChI=1S/C17H20ClN3O3/c1-11(20-16(22)15-5-4-6-19-15)10-21(2)17(23)12-7-13(18)9-14(8-12)24-3/h4-9,11,19H,10H2,1-3H3,(H,20,22). The molecule has 0 saturated heterocycles. The number of hydrogen-bond acceptors (Lipinski definition) is 3. The maximum Gasteiger partial charge on any atom is 0.267 e. The zero-order valence-electron chi connectivity index (χ0n) is 13.8. The zero-order valence-corrected chi connectivity index (χ0v) is 14.6. The number of likely N-dealkylation sites (N-methyl/N-ethyl adjacent to an activating group) is 1. The maximum absolute atomic E-state index is 12.5. The van der Waals surface area contributed by atoms with Crippen molar-refractivity contribution in [3.63, 3.8) is 0 Å². The minimum absolute atomic E-state index is 0.197. The summed E-state index contributed by atoms with van der Waals surface area (Å²) in [5.41, 5.74) is 0.917. The van der Waals surface area contributed by atoms with Gasteiger partial charge in [0.15, 0.2) is 0 Å². The predicted octanol–water partition coefficient (Wildman–Crippen LogP) is 2.57. The van der Waals surface area contributed by atoms with Gasteiger partial charge in [0.2, 0.25) is 0 Å². The Bertz CT molecular complexity index is 716. The van der Waals surface area contributed by atoms with Gasteiger partial charge in [-0.2, -0.15) is 0 Å². The molecule has 1 aromatic heterocycles. The zero-order chi connectivity index (χ0) is 17.7. The lowest BCUT2D eigenvalue weighted by molar-refractivity contribution is 0.0768. The number of amides is 2. The molecule has 24 heavy (non-hydrogen) atoms. The van der Waals surface area contributed by atoms with Crippen LogP contribution in [-0.2, 0) is 0 Å². The smallest absolute Gasteiger partial charge is 0.267 e. The van der Waals surface area contributed by atoms with Crippen molar-refractivity contribution in [2.45, 2.75) is 13.0 Å². The summed E-state index contributed by atoms with van der Waals surface area (Å²) in [6.07, 6.45) is 1.68. The van der Waals surface area contributed by atoms with Crippen LogP contribution in [0.5, 0.6) is 5.75 Å². The Morgan fingerprint density at radius 3 is 2.75 bits per heavy atom. The van der Waals surface area contributed by atoms with Crippen LogP contribution in [0, 0.1) is 0 Å². The number of halogens is 1. The summed E-state index contributed by atoms with van der Waals surface area (Å²) in [7, 11) is 3.19. The first-order chi connectivity index (χ1) is 11.4. The highest BCUT2D eigenvalue weighted by Crippen LogP contribution is 2.21. The molecule has 7 heteroatoms. The van der Waals surface area contributed by atoms with Crippen LogP contribution in [0.15, 0.2) is 36.5 Å². The quantitative estimate of drug-likeness (QED) is 0.841. The highest BCUT2D eigenvalue weighted by molar-refractivity contribution is 6.31. The Balaban J connectivity index is 1.98. The van der Waals surface area contributed by atoms with Crippen LogP contribution in [0.25, 0.3) is 0 Å². The van der Waals surface area contributed by atoms with Gasteiger partial charge in [0.25, 0.3) is 11.8 Å². The molecule has 1 unspecified atom stereocenters. The van der Waals surface area contributed by atoms with Crippen molar-refractivity contribution in [3.8, 4) is 5.75 Å². The molecule has 1 heterocycles. The van der Waals surface area contributed by atoms with Crippen LogP contribution in [0.3, 0.4) is 0 Å². The Kier molecular flexibility index (Phi) is 5.87. The van der Waals surface area contributed by atoms with E-state index >= 15 is 0 Å². The summed E-state index contributed by atoms with van der Waals surface area (Å²) in [6.45, 7) is 2.20. The highest BCUT2D eigenvalue weighted by Gasteiger charge is 2.17. The molecule has 128 valence electrons. The second-order valence-corrected chi connectivity index (χ2v) is 5.96. The number of rotatable bonds is 6. The van der Waals surface area contributed by atoms with Crippen LogP contribution in [0.2, 0.25) is 5.02 Å². The van der Waals surface area contributed by atoms with Gasteiger partial charge in [0.1, 0.15) is 11.4 Å². The summed E-state index contributed by atoms with van der Waals surface area (Å²) < 4.78 is 5.12. The number of aromatic amines is 1. The molecule has 1 atom stereocenters. The second kappa shape index (κ2) is 7.88. The number of nitrogens with zero attached hydrogens (tertiary/aromatic N) is 1. The first-order valence-corrected chi connectivity index (χ1v) is 7.82. The van der Waals surface area contributed by atoms with E-state index in [1.807, 2.05) is 6.92 Å². The molecule has 2 N–H and O–H groups in total. The maximum atomic E-state index is 12.5. The van der Waals surface area contributed by atoms with Gasteiger partial charge in [0, 0.05) is 36.4 Å². The van der Waals surface area contributed by atoms with E-state index in [0.29, 0.717) is 28.6 Å². The van der Waals surface area contributed by atoms with Gasteiger partial charge in [-0.05, 0) is 37.3 Å². The minimum atomic E-state index is -0.212. The fourth-order valence-electron chi connectivity index (χ4n) is 2.34. The third kappa shape index (κ3) is 4.52. The van der Waals surface area contributed by atoms with Gasteiger partial charge in [-0.1, -0.05) is 11.6 Å². The average molecular weight is 350 g/mol. The number of nitrogens with one attached hydrogen (secondary N) is 2. The van der Waals surface area contributed by atoms with Crippen molar-refractivity contribution in [2.75, 3.05) is 20.7 Å².